The average Bonchev–Trinajstić information content (AvgIpc) is 3.27. The Balaban J connectivity index is 1.43. The van der Waals surface area contributed by atoms with Gasteiger partial charge in [-0.25, -0.2) is 0 Å². The van der Waals surface area contributed by atoms with Gasteiger partial charge in [-0.2, -0.15) is 10.2 Å². The van der Waals surface area contributed by atoms with Crippen LogP contribution in [0.25, 0.3) is 0 Å². The summed E-state index contributed by atoms with van der Waals surface area (Å²) in [5, 5.41) is 23.9. The third-order valence-electron chi connectivity index (χ3n) is 5.63. The number of hydrogen-bond acceptors (Lipinski definition) is 5. The lowest BCUT2D eigenvalue weighted by Crippen LogP contribution is -2.13. The summed E-state index contributed by atoms with van der Waals surface area (Å²) in [6.45, 7) is 5.98. The van der Waals surface area contributed by atoms with E-state index >= 15 is 0 Å². The van der Waals surface area contributed by atoms with Gasteiger partial charge in [0.15, 0.2) is 5.82 Å². The van der Waals surface area contributed by atoms with E-state index in [4.69, 9.17) is 23.2 Å². The summed E-state index contributed by atoms with van der Waals surface area (Å²) in [7, 11) is 0. The molecule has 0 saturated heterocycles. The van der Waals surface area contributed by atoms with Gasteiger partial charge in [0.25, 0.3) is 5.91 Å². The number of rotatable bonds is 7. The normalized spacial score (nSPS) is 11.0. The smallest absolute Gasteiger partial charge is 0.305 e. The molecule has 11 heteroatoms. The van der Waals surface area contributed by atoms with Crippen molar-refractivity contribution in [3.05, 3.63) is 102 Å². The van der Waals surface area contributed by atoms with Crippen molar-refractivity contribution in [2.24, 2.45) is 0 Å². The summed E-state index contributed by atoms with van der Waals surface area (Å²) >= 11 is 12.2. The number of carbonyl (C=O) groups is 1. The molecule has 4 rings (SSSR count). The van der Waals surface area contributed by atoms with Gasteiger partial charge in [0.2, 0.25) is 0 Å². The molecule has 0 saturated carbocycles. The van der Waals surface area contributed by atoms with Crippen LogP contribution in [0.15, 0.2) is 48.5 Å². The van der Waals surface area contributed by atoms with Crippen molar-refractivity contribution in [3.8, 4) is 0 Å². The first-order valence-corrected chi connectivity index (χ1v) is 11.4. The molecular formula is C24H22Cl2N6O3. The molecule has 4 aromatic rings. The summed E-state index contributed by atoms with van der Waals surface area (Å²) in [6, 6.07) is 14.1. The second-order valence-corrected chi connectivity index (χ2v) is 8.99. The number of aryl methyl sites for hydroxylation is 2. The second kappa shape index (κ2) is 9.89. The highest BCUT2D eigenvalue weighted by Crippen LogP contribution is 2.24. The van der Waals surface area contributed by atoms with Gasteiger partial charge in [-0.05, 0) is 56.2 Å². The standard InChI is InChI=1S/C24H22Cl2N6O3/c1-14-10-22(29-30(14)13-19-8-9-20(25)11-21(19)26)27-24(33)18-6-4-17(5-7-18)12-31-16(3)23(32(34)35)15(2)28-31/h4-11H,12-13H2,1-3H3,(H,27,29,33). The molecule has 0 bridgehead atoms. The van der Waals surface area contributed by atoms with Gasteiger partial charge in [0.1, 0.15) is 11.4 Å². The molecule has 9 nitrogen and oxygen atoms in total. The minimum Gasteiger partial charge on any atom is -0.305 e. The number of hydrogen-bond donors (Lipinski definition) is 1. The fourth-order valence-corrected chi connectivity index (χ4v) is 4.24. The summed E-state index contributed by atoms with van der Waals surface area (Å²) in [5.74, 6) is 0.129. The number of benzene rings is 2. The highest BCUT2D eigenvalue weighted by Gasteiger charge is 2.21. The number of nitrogens with zero attached hydrogens (tertiary/aromatic N) is 5. The van der Waals surface area contributed by atoms with Crippen molar-refractivity contribution < 1.29 is 9.72 Å². The quantitative estimate of drug-likeness (QED) is 0.257. The van der Waals surface area contributed by atoms with Gasteiger partial charge in [-0.15, -0.1) is 0 Å². The van der Waals surface area contributed by atoms with Crippen molar-refractivity contribution in [1.82, 2.24) is 19.6 Å². The van der Waals surface area contributed by atoms with Crippen LogP contribution in [0, 0.1) is 30.9 Å². The van der Waals surface area contributed by atoms with E-state index < -0.39 is 4.92 Å². The molecule has 0 aliphatic heterocycles. The molecule has 0 fully saturated rings. The topological polar surface area (TPSA) is 108 Å². The van der Waals surface area contributed by atoms with Gasteiger partial charge in [0, 0.05) is 27.4 Å². The van der Waals surface area contributed by atoms with E-state index in [2.05, 4.69) is 15.5 Å². The SMILES string of the molecule is Cc1nn(Cc2ccc(C(=O)Nc3cc(C)n(Cc4ccc(Cl)cc4Cl)n3)cc2)c(C)c1[N+](=O)[O-]. The minimum atomic E-state index is -0.422. The van der Waals surface area contributed by atoms with Crippen molar-refractivity contribution in [2.45, 2.75) is 33.9 Å². The molecule has 1 N–H and O–H groups in total. The van der Waals surface area contributed by atoms with E-state index in [-0.39, 0.29) is 11.6 Å². The summed E-state index contributed by atoms with van der Waals surface area (Å²) < 4.78 is 3.34. The van der Waals surface area contributed by atoms with Crippen LogP contribution in [-0.2, 0) is 13.1 Å². The van der Waals surface area contributed by atoms with E-state index in [1.54, 1.807) is 65.7 Å². The zero-order valence-corrected chi connectivity index (χ0v) is 20.8. The molecule has 2 aromatic heterocycles. The van der Waals surface area contributed by atoms with E-state index in [0.717, 1.165) is 16.8 Å². The summed E-state index contributed by atoms with van der Waals surface area (Å²) in [5.41, 5.74) is 3.93. The Labute approximate surface area is 211 Å². The molecule has 0 radical (unpaired) electrons. The van der Waals surface area contributed by atoms with E-state index in [9.17, 15) is 14.9 Å². The average molecular weight is 513 g/mol. The van der Waals surface area contributed by atoms with Gasteiger partial charge in [0.05, 0.1) is 18.0 Å². The molecule has 1 amide bonds. The van der Waals surface area contributed by atoms with Crippen molar-refractivity contribution >= 4 is 40.6 Å². The van der Waals surface area contributed by atoms with Crippen LogP contribution >= 0.6 is 23.2 Å². The number of nitro groups is 1. The third kappa shape index (κ3) is 5.36. The largest absolute Gasteiger partial charge is 0.312 e. The molecule has 0 aliphatic rings. The van der Waals surface area contributed by atoms with Gasteiger partial charge < -0.3 is 5.32 Å². The van der Waals surface area contributed by atoms with Crippen LogP contribution in [0.3, 0.4) is 0 Å². The highest BCUT2D eigenvalue weighted by molar-refractivity contribution is 6.35. The molecule has 0 aliphatic carbocycles. The molecule has 180 valence electrons. The van der Waals surface area contributed by atoms with Gasteiger partial charge >= 0.3 is 5.69 Å². The highest BCUT2D eigenvalue weighted by atomic mass is 35.5. The molecule has 2 aromatic carbocycles. The van der Waals surface area contributed by atoms with Crippen molar-refractivity contribution in [3.63, 3.8) is 0 Å². The molecule has 2 heterocycles. The van der Waals surface area contributed by atoms with Crippen molar-refractivity contribution in [2.75, 3.05) is 5.32 Å². The van der Waals surface area contributed by atoms with Crippen LogP contribution < -0.4 is 5.32 Å². The fraction of sp³-hybridized carbons (Fsp3) is 0.208. The predicted molar refractivity (Wildman–Crippen MR) is 134 cm³/mol. The number of aromatic nitrogens is 4. The lowest BCUT2D eigenvalue weighted by atomic mass is 10.1. The van der Waals surface area contributed by atoms with E-state index in [1.807, 2.05) is 13.0 Å². The Bertz CT molecular complexity index is 1430. The van der Waals surface area contributed by atoms with E-state index in [0.29, 0.717) is 45.9 Å². The van der Waals surface area contributed by atoms with Crippen LogP contribution in [0.5, 0.6) is 0 Å². The Morgan fingerprint density at radius 3 is 2.34 bits per heavy atom. The second-order valence-electron chi connectivity index (χ2n) is 8.15. The van der Waals surface area contributed by atoms with Gasteiger partial charge in [-0.3, -0.25) is 24.3 Å². The first-order valence-electron chi connectivity index (χ1n) is 10.7. The summed E-state index contributed by atoms with van der Waals surface area (Å²) in [6.07, 6.45) is 0. The first kappa shape index (κ1) is 24.4. The van der Waals surface area contributed by atoms with Crippen LogP contribution in [0.2, 0.25) is 10.0 Å². The molecule has 35 heavy (non-hydrogen) atoms. The summed E-state index contributed by atoms with van der Waals surface area (Å²) in [4.78, 5) is 23.5. The fourth-order valence-electron chi connectivity index (χ4n) is 3.77. The number of anilines is 1. The number of carbonyl (C=O) groups excluding carboxylic acids is 1. The first-order chi connectivity index (χ1) is 16.6. The maximum atomic E-state index is 12.7. The molecular weight excluding hydrogens is 491 g/mol. The lowest BCUT2D eigenvalue weighted by molar-refractivity contribution is -0.386. The monoisotopic (exact) mass is 512 g/mol. The number of nitrogens with one attached hydrogen (secondary N) is 1. The molecule has 0 unspecified atom stereocenters. The van der Waals surface area contributed by atoms with Crippen LogP contribution in [0.4, 0.5) is 11.5 Å². The van der Waals surface area contributed by atoms with Crippen LogP contribution in [-0.4, -0.2) is 30.4 Å². The Morgan fingerprint density at radius 2 is 1.71 bits per heavy atom. The van der Waals surface area contributed by atoms with Gasteiger partial charge in [-0.1, -0.05) is 41.4 Å². The zero-order valence-electron chi connectivity index (χ0n) is 19.2. The Morgan fingerprint density at radius 1 is 1.00 bits per heavy atom. The molecule has 0 spiro atoms. The lowest BCUT2D eigenvalue weighted by Gasteiger charge is -2.07. The van der Waals surface area contributed by atoms with E-state index in [1.165, 1.54) is 0 Å². The molecule has 0 atom stereocenters. The third-order valence-corrected chi connectivity index (χ3v) is 6.22. The number of amides is 1. The van der Waals surface area contributed by atoms with Crippen molar-refractivity contribution in [1.29, 1.82) is 0 Å². The number of halogens is 2. The maximum Gasteiger partial charge on any atom is 0.312 e. The Kier molecular flexibility index (Phi) is 6.90. The Hall–Kier alpha value is -3.69. The zero-order chi connectivity index (χ0) is 25.3. The predicted octanol–water partition coefficient (Wildman–Crippen LogP) is 5.57. The maximum absolute atomic E-state index is 12.7. The minimum absolute atomic E-state index is 0.0223. The van der Waals surface area contributed by atoms with Crippen LogP contribution in [0.1, 0.15) is 38.6 Å².